The molecule has 9 heteroatoms. The lowest BCUT2D eigenvalue weighted by Crippen LogP contribution is -2.35. The molecule has 36 heavy (non-hydrogen) atoms. The molecular formula is C27H28N6O3. The Balaban J connectivity index is 1.68. The average Bonchev–Trinajstić information content (AvgIpc) is 3.57. The number of aromatic amines is 1. The van der Waals surface area contributed by atoms with Crippen molar-refractivity contribution in [2.24, 2.45) is 0 Å². The molecule has 0 aliphatic rings. The number of H-pyrrole nitrogens is 1. The van der Waals surface area contributed by atoms with Crippen LogP contribution >= 0.6 is 0 Å². The Morgan fingerprint density at radius 2 is 1.94 bits per heavy atom. The summed E-state index contributed by atoms with van der Waals surface area (Å²) >= 11 is 0. The number of ether oxygens (including phenoxy) is 1. The van der Waals surface area contributed by atoms with Crippen LogP contribution in [0.4, 0.5) is 0 Å². The highest BCUT2D eigenvalue weighted by atomic mass is 16.5. The Morgan fingerprint density at radius 1 is 1.08 bits per heavy atom. The van der Waals surface area contributed by atoms with Gasteiger partial charge in [0.1, 0.15) is 11.8 Å². The number of para-hydroxylation sites is 1. The van der Waals surface area contributed by atoms with E-state index in [9.17, 15) is 4.79 Å². The van der Waals surface area contributed by atoms with Gasteiger partial charge in [-0.15, -0.1) is 5.10 Å². The molecule has 1 unspecified atom stereocenters. The Hall–Kier alpha value is -4.08. The van der Waals surface area contributed by atoms with E-state index in [2.05, 4.69) is 37.5 Å². The minimum absolute atomic E-state index is 0.180. The number of hydrogen-bond acceptors (Lipinski definition) is 7. The maximum Gasteiger partial charge on any atom is 0.253 e. The Labute approximate surface area is 208 Å². The third-order valence-corrected chi connectivity index (χ3v) is 6.26. The van der Waals surface area contributed by atoms with Gasteiger partial charge in [-0.3, -0.25) is 9.69 Å². The van der Waals surface area contributed by atoms with Gasteiger partial charge in [0.2, 0.25) is 0 Å². The third kappa shape index (κ3) is 4.98. The number of methoxy groups -OCH3 is 1. The fraction of sp³-hybridized carbons (Fsp3) is 0.259. The molecule has 1 atom stereocenters. The number of rotatable bonds is 10. The molecule has 0 bridgehead atoms. The lowest BCUT2D eigenvalue weighted by atomic mass is 10.0. The van der Waals surface area contributed by atoms with E-state index in [0.717, 1.165) is 27.8 Å². The highest BCUT2D eigenvalue weighted by molar-refractivity contribution is 5.82. The smallest absolute Gasteiger partial charge is 0.253 e. The van der Waals surface area contributed by atoms with Crippen LogP contribution in [0.15, 0.2) is 82.2 Å². The van der Waals surface area contributed by atoms with Crippen LogP contribution in [0.2, 0.25) is 0 Å². The van der Waals surface area contributed by atoms with Crippen LogP contribution < -0.4 is 5.56 Å². The average molecular weight is 485 g/mol. The standard InChI is InChI=1S/C27H28N6O3/c1-19-8-6-11-21-16-23(27(34)28-24(19)21)25(26-29-30-31-33(26)13-15-35-2)32(18-22-12-7-14-36-22)17-20-9-4-3-5-10-20/h3-12,14,16,25H,13,15,17-18H2,1-2H3,(H,28,34). The van der Waals surface area contributed by atoms with Crippen molar-refractivity contribution in [3.8, 4) is 0 Å². The fourth-order valence-electron chi connectivity index (χ4n) is 4.51. The van der Waals surface area contributed by atoms with E-state index in [1.807, 2.05) is 61.5 Å². The van der Waals surface area contributed by atoms with Crippen LogP contribution in [0.3, 0.4) is 0 Å². The predicted octanol–water partition coefficient (Wildman–Crippen LogP) is 3.85. The molecule has 0 spiro atoms. The van der Waals surface area contributed by atoms with Gasteiger partial charge in [0.25, 0.3) is 5.56 Å². The molecule has 5 rings (SSSR count). The van der Waals surface area contributed by atoms with Crippen LogP contribution in [0, 0.1) is 6.92 Å². The van der Waals surface area contributed by atoms with Gasteiger partial charge in [-0.1, -0.05) is 48.5 Å². The van der Waals surface area contributed by atoms with E-state index < -0.39 is 6.04 Å². The van der Waals surface area contributed by atoms with E-state index in [1.165, 1.54) is 0 Å². The van der Waals surface area contributed by atoms with Crippen LogP contribution in [0.1, 0.15) is 34.3 Å². The number of nitrogens with one attached hydrogen (secondary N) is 1. The molecule has 9 nitrogen and oxygen atoms in total. The third-order valence-electron chi connectivity index (χ3n) is 6.26. The number of pyridine rings is 1. The van der Waals surface area contributed by atoms with Crippen molar-refractivity contribution in [3.05, 3.63) is 112 Å². The molecular weight excluding hydrogens is 456 g/mol. The van der Waals surface area contributed by atoms with Crippen LogP contribution in [-0.2, 0) is 24.4 Å². The summed E-state index contributed by atoms with van der Waals surface area (Å²) in [6, 6.07) is 21.3. The zero-order valence-electron chi connectivity index (χ0n) is 20.3. The molecule has 2 aromatic carbocycles. The lowest BCUT2D eigenvalue weighted by molar-refractivity contribution is 0.163. The van der Waals surface area contributed by atoms with Crippen LogP contribution in [0.25, 0.3) is 10.9 Å². The molecule has 184 valence electrons. The Bertz CT molecular complexity index is 1480. The summed E-state index contributed by atoms with van der Waals surface area (Å²) in [7, 11) is 1.64. The predicted molar refractivity (Wildman–Crippen MR) is 135 cm³/mol. The minimum Gasteiger partial charge on any atom is -0.468 e. The van der Waals surface area contributed by atoms with Crippen molar-refractivity contribution in [1.29, 1.82) is 0 Å². The van der Waals surface area contributed by atoms with E-state index in [-0.39, 0.29) is 5.56 Å². The molecule has 3 aromatic heterocycles. The number of aromatic nitrogens is 5. The molecule has 0 saturated carbocycles. The SMILES string of the molecule is COCCn1nnnc1C(c1cc2cccc(C)c2[nH]c1=O)N(Cc1ccccc1)Cc1ccco1. The summed E-state index contributed by atoms with van der Waals surface area (Å²) in [5.74, 6) is 1.34. The molecule has 0 aliphatic heterocycles. The largest absolute Gasteiger partial charge is 0.468 e. The summed E-state index contributed by atoms with van der Waals surface area (Å²) in [6.45, 7) is 3.89. The summed E-state index contributed by atoms with van der Waals surface area (Å²) in [5, 5.41) is 13.5. The van der Waals surface area contributed by atoms with Crippen LogP contribution in [0.5, 0.6) is 0 Å². The van der Waals surface area contributed by atoms with Crippen molar-refractivity contribution < 1.29 is 9.15 Å². The molecule has 1 N–H and O–H groups in total. The van der Waals surface area contributed by atoms with Gasteiger partial charge in [0, 0.05) is 19.2 Å². The quantitative estimate of drug-likeness (QED) is 0.321. The summed E-state index contributed by atoms with van der Waals surface area (Å²) < 4.78 is 12.7. The summed E-state index contributed by atoms with van der Waals surface area (Å²) in [6.07, 6.45) is 1.65. The monoisotopic (exact) mass is 484 g/mol. The van der Waals surface area contributed by atoms with Gasteiger partial charge in [-0.05, 0) is 52.1 Å². The van der Waals surface area contributed by atoms with E-state index >= 15 is 0 Å². The minimum atomic E-state index is -0.546. The summed E-state index contributed by atoms with van der Waals surface area (Å²) in [4.78, 5) is 18.9. The molecule has 3 heterocycles. The lowest BCUT2D eigenvalue weighted by Gasteiger charge is -2.30. The zero-order chi connectivity index (χ0) is 24.9. The molecule has 0 amide bonds. The molecule has 0 aliphatic carbocycles. The second-order valence-electron chi connectivity index (χ2n) is 8.72. The number of hydrogen-bond donors (Lipinski definition) is 1. The second-order valence-corrected chi connectivity index (χ2v) is 8.72. The molecule has 0 radical (unpaired) electrons. The number of furan rings is 1. The first kappa shape index (κ1) is 23.7. The molecule has 0 saturated heterocycles. The number of nitrogens with zero attached hydrogens (tertiary/aromatic N) is 5. The topological polar surface area (TPSA) is 102 Å². The number of aryl methyl sites for hydroxylation is 1. The van der Waals surface area contributed by atoms with Crippen molar-refractivity contribution in [1.82, 2.24) is 30.1 Å². The van der Waals surface area contributed by atoms with Crippen LogP contribution in [-0.4, -0.2) is 43.8 Å². The Kier molecular flexibility index (Phi) is 7.01. The Morgan fingerprint density at radius 3 is 2.72 bits per heavy atom. The molecule has 0 fully saturated rings. The van der Waals surface area contributed by atoms with Gasteiger partial charge < -0.3 is 14.1 Å². The highest BCUT2D eigenvalue weighted by Gasteiger charge is 2.31. The molecule has 5 aromatic rings. The van der Waals surface area contributed by atoms with Gasteiger partial charge in [0.05, 0.1) is 31.5 Å². The maximum absolute atomic E-state index is 13.6. The van der Waals surface area contributed by atoms with Crippen molar-refractivity contribution in [3.63, 3.8) is 0 Å². The van der Waals surface area contributed by atoms with Gasteiger partial charge in [-0.2, -0.15) is 0 Å². The maximum atomic E-state index is 13.6. The zero-order valence-corrected chi connectivity index (χ0v) is 20.3. The van der Waals surface area contributed by atoms with Crippen molar-refractivity contribution >= 4 is 10.9 Å². The van der Waals surface area contributed by atoms with Crippen molar-refractivity contribution in [2.45, 2.75) is 32.6 Å². The van der Waals surface area contributed by atoms with E-state index in [4.69, 9.17) is 9.15 Å². The number of fused-ring (bicyclic) bond motifs is 1. The first-order valence-corrected chi connectivity index (χ1v) is 11.8. The van der Waals surface area contributed by atoms with E-state index in [0.29, 0.717) is 37.6 Å². The first-order valence-electron chi connectivity index (χ1n) is 11.8. The van der Waals surface area contributed by atoms with Gasteiger partial charge in [0.15, 0.2) is 5.82 Å². The normalized spacial score (nSPS) is 12.4. The highest BCUT2D eigenvalue weighted by Crippen LogP contribution is 2.30. The fourth-order valence-corrected chi connectivity index (χ4v) is 4.51. The van der Waals surface area contributed by atoms with Gasteiger partial charge in [-0.25, -0.2) is 4.68 Å². The first-order chi connectivity index (χ1) is 17.6. The number of tetrazole rings is 1. The second kappa shape index (κ2) is 10.7. The van der Waals surface area contributed by atoms with E-state index in [1.54, 1.807) is 18.1 Å². The number of benzene rings is 2. The van der Waals surface area contributed by atoms with Crippen molar-refractivity contribution in [2.75, 3.05) is 13.7 Å². The summed E-state index contributed by atoms with van der Waals surface area (Å²) in [5.41, 5.74) is 3.31. The van der Waals surface area contributed by atoms with Gasteiger partial charge >= 0.3 is 0 Å².